The van der Waals surface area contributed by atoms with E-state index < -0.39 is 0 Å². The standard InChI is InChI=1S/C16H16NS/c18-16(14-8-2-1-3-9-14)12-5-4-10-15-11-6-7-13-17-15/h1-3,5-9,11,13H,4,10,12H2. The molecule has 1 radical (unpaired) electrons. The van der Waals surface area contributed by atoms with Gasteiger partial charge in [-0.15, -0.1) is 0 Å². The summed E-state index contributed by atoms with van der Waals surface area (Å²) >= 11 is 5.40. The zero-order valence-electron chi connectivity index (χ0n) is 10.3. The van der Waals surface area contributed by atoms with Crippen molar-refractivity contribution in [3.8, 4) is 0 Å². The van der Waals surface area contributed by atoms with E-state index in [1.54, 1.807) is 0 Å². The fraction of sp³-hybridized carbons (Fsp3) is 0.188. The van der Waals surface area contributed by atoms with Crippen LogP contribution >= 0.6 is 12.2 Å². The van der Waals surface area contributed by atoms with Crippen LogP contribution in [0.15, 0.2) is 54.7 Å². The molecule has 0 amide bonds. The molecule has 0 saturated heterocycles. The molecule has 1 nitrogen and oxygen atoms in total. The summed E-state index contributed by atoms with van der Waals surface area (Å²) in [6.45, 7) is 0. The smallest absolute Gasteiger partial charge is 0.0403 e. The third-order valence-electron chi connectivity index (χ3n) is 2.76. The summed E-state index contributed by atoms with van der Waals surface area (Å²) in [5, 5.41) is 0. The lowest BCUT2D eigenvalue weighted by Gasteiger charge is -2.03. The minimum Gasteiger partial charge on any atom is -0.261 e. The van der Waals surface area contributed by atoms with Crippen molar-refractivity contribution in [3.63, 3.8) is 0 Å². The molecular weight excluding hydrogens is 238 g/mol. The Morgan fingerprint density at radius 3 is 2.56 bits per heavy atom. The Kier molecular flexibility index (Phi) is 5.03. The number of aryl methyl sites for hydroxylation is 1. The highest BCUT2D eigenvalue weighted by Gasteiger charge is 2.01. The average Bonchev–Trinajstić information content (AvgIpc) is 2.45. The van der Waals surface area contributed by atoms with Crippen molar-refractivity contribution in [3.05, 3.63) is 72.4 Å². The number of hydrogen-bond donors (Lipinski definition) is 0. The summed E-state index contributed by atoms with van der Waals surface area (Å²) in [5.41, 5.74) is 2.29. The van der Waals surface area contributed by atoms with Gasteiger partial charge in [0.2, 0.25) is 0 Å². The Morgan fingerprint density at radius 1 is 1.06 bits per heavy atom. The van der Waals surface area contributed by atoms with Crippen molar-refractivity contribution < 1.29 is 0 Å². The van der Waals surface area contributed by atoms with E-state index in [1.807, 2.05) is 36.5 Å². The molecule has 0 spiro atoms. The van der Waals surface area contributed by atoms with Crippen LogP contribution in [-0.2, 0) is 6.42 Å². The van der Waals surface area contributed by atoms with Crippen LogP contribution in [0.25, 0.3) is 0 Å². The Labute approximate surface area is 114 Å². The summed E-state index contributed by atoms with van der Waals surface area (Å²) in [7, 11) is 0. The molecule has 1 aromatic carbocycles. The fourth-order valence-corrected chi connectivity index (χ4v) is 2.02. The van der Waals surface area contributed by atoms with E-state index in [0.29, 0.717) is 0 Å². The van der Waals surface area contributed by atoms with Crippen LogP contribution in [-0.4, -0.2) is 9.85 Å². The zero-order valence-corrected chi connectivity index (χ0v) is 11.1. The van der Waals surface area contributed by atoms with Gasteiger partial charge in [-0.2, -0.15) is 0 Å². The number of unbranched alkanes of at least 4 members (excludes halogenated alkanes) is 1. The Hall–Kier alpha value is -1.54. The first kappa shape index (κ1) is 12.9. The Balaban J connectivity index is 1.72. The summed E-state index contributed by atoms with van der Waals surface area (Å²) in [6, 6.07) is 16.2. The maximum Gasteiger partial charge on any atom is 0.0403 e. The summed E-state index contributed by atoms with van der Waals surface area (Å²) in [6.07, 6.45) is 6.95. The first-order chi connectivity index (χ1) is 8.86. The van der Waals surface area contributed by atoms with Crippen molar-refractivity contribution in [1.29, 1.82) is 0 Å². The summed E-state index contributed by atoms with van der Waals surface area (Å²) < 4.78 is 0. The van der Waals surface area contributed by atoms with E-state index in [-0.39, 0.29) is 0 Å². The molecule has 0 atom stereocenters. The number of thiocarbonyl (C=S) groups is 1. The molecule has 2 rings (SSSR count). The van der Waals surface area contributed by atoms with Gasteiger partial charge in [0, 0.05) is 16.8 Å². The zero-order chi connectivity index (χ0) is 12.6. The highest BCUT2D eigenvalue weighted by atomic mass is 32.1. The van der Waals surface area contributed by atoms with E-state index in [9.17, 15) is 0 Å². The van der Waals surface area contributed by atoms with Gasteiger partial charge in [0.05, 0.1) is 0 Å². The van der Waals surface area contributed by atoms with Gasteiger partial charge in [-0.25, -0.2) is 0 Å². The van der Waals surface area contributed by atoms with Crippen molar-refractivity contribution in [2.45, 2.75) is 19.3 Å². The van der Waals surface area contributed by atoms with E-state index in [2.05, 4.69) is 29.6 Å². The van der Waals surface area contributed by atoms with Gasteiger partial charge < -0.3 is 0 Å². The molecule has 18 heavy (non-hydrogen) atoms. The second-order valence-corrected chi connectivity index (χ2v) is 4.63. The molecule has 1 heterocycles. The lowest BCUT2D eigenvalue weighted by Crippen LogP contribution is -1.98. The molecule has 2 heteroatoms. The van der Waals surface area contributed by atoms with Crippen molar-refractivity contribution >= 4 is 17.1 Å². The van der Waals surface area contributed by atoms with E-state index in [4.69, 9.17) is 12.2 Å². The molecule has 2 aromatic rings. The highest BCUT2D eigenvalue weighted by Crippen LogP contribution is 2.09. The van der Waals surface area contributed by atoms with E-state index in [1.165, 1.54) is 0 Å². The first-order valence-corrected chi connectivity index (χ1v) is 6.57. The average molecular weight is 254 g/mol. The van der Waals surface area contributed by atoms with Gasteiger partial charge in [-0.05, 0) is 43.4 Å². The molecule has 1 aromatic heterocycles. The molecule has 91 valence electrons. The lowest BCUT2D eigenvalue weighted by molar-refractivity contribution is 0.882. The second-order valence-electron chi connectivity index (χ2n) is 4.14. The number of nitrogens with zero attached hydrogens (tertiary/aromatic N) is 1. The van der Waals surface area contributed by atoms with Crippen LogP contribution in [0.1, 0.15) is 24.1 Å². The monoisotopic (exact) mass is 254 g/mol. The first-order valence-electron chi connectivity index (χ1n) is 6.16. The third kappa shape index (κ3) is 4.04. The van der Waals surface area contributed by atoms with E-state index >= 15 is 0 Å². The molecule has 0 aliphatic rings. The molecule has 0 unspecified atom stereocenters. The maximum absolute atomic E-state index is 5.40. The second kappa shape index (κ2) is 7.02. The lowest BCUT2D eigenvalue weighted by atomic mass is 10.1. The van der Waals surface area contributed by atoms with Crippen LogP contribution in [0.4, 0.5) is 0 Å². The number of hydrogen-bond acceptors (Lipinski definition) is 2. The van der Waals surface area contributed by atoms with Gasteiger partial charge in [-0.3, -0.25) is 4.98 Å². The van der Waals surface area contributed by atoms with Crippen LogP contribution in [0.5, 0.6) is 0 Å². The van der Waals surface area contributed by atoms with Crippen molar-refractivity contribution in [2.75, 3.05) is 0 Å². The number of rotatable bonds is 6. The van der Waals surface area contributed by atoms with Crippen molar-refractivity contribution in [1.82, 2.24) is 4.98 Å². The minimum absolute atomic E-state index is 0.867. The van der Waals surface area contributed by atoms with Crippen molar-refractivity contribution in [2.24, 2.45) is 0 Å². The molecule has 0 N–H and O–H groups in total. The van der Waals surface area contributed by atoms with Crippen LogP contribution < -0.4 is 0 Å². The number of benzene rings is 1. The molecule has 0 fully saturated rings. The van der Waals surface area contributed by atoms with Gasteiger partial charge in [0.15, 0.2) is 0 Å². The maximum atomic E-state index is 5.40. The minimum atomic E-state index is 0.867. The van der Waals surface area contributed by atoms with Gasteiger partial charge >= 0.3 is 0 Å². The molecule has 0 aliphatic heterocycles. The van der Waals surface area contributed by atoms with E-state index in [0.717, 1.165) is 35.4 Å². The fourth-order valence-electron chi connectivity index (χ4n) is 1.77. The Bertz CT molecular complexity index is 479. The SMILES string of the molecule is S=C(C[CH]CCc1ccccn1)c1ccccc1. The van der Waals surface area contributed by atoms with Gasteiger partial charge in [0.1, 0.15) is 0 Å². The summed E-state index contributed by atoms with van der Waals surface area (Å²) in [4.78, 5) is 5.31. The highest BCUT2D eigenvalue weighted by molar-refractivity contribution is 7.80. The van der Waals surface area contributed by atoms with Gasteiger partial charge in [-0.1, -0.05) is 48.6 Å². The molecular formula is C16H16NS. The topological polar surface area (TPSA) is 12.9 Å². The molecule has 0 bridgehead atoms. The predicted molar refractivity (Wildman–Crippen MR) is 79.6 cm³/mol. The molecule has 0 aliphatic carbocycles. The normalized spacial score (nSPS) is 10.2. The quantitative estimate of drug-likeness (QED) is 0.438. The van der Waals surface area contributed by atoms with Crippen LogP contribution in [0.3, 0.4) is 0 Å². The number of aromatic nitrogens is 1. The summed E-state index contributed by atoms with van der Waals surface area (Å²) in [5.74, 6) is 0. The largest absolute Gasteiger partial charge is 0.261 e. The number of pyridine rings is 1. The van der Waals surface area contributed by atoms with Crippen LogP contribution in [0.2, 0.25) is 0 Å². The predicted octanol–water partition coefficient (Wildman–Crippen LogP) is 4.03. The van der Waals surface area contributed by atoms with Crippen LogP contribution in [0, 0.1) is 6.42 Å². The Morgan fingerprint density at radius 2 is 1.83 bits per heavy atom. The molecule has 0 saturated carbocycles. The third-order valence-corrected chi connectivity index (χ3v) is 3.16. The van der Waals surface area contributed by atoms with Gasteiger partial charge in [0.25, 0.3) is 0 Å².